The van der Waals surface area contributed by atoms with Crippen LogP contribution in [0.5, 0.6) is 11.5 Å². The zero-order valence-corrected chi connectivity index (χ0v) is 20.8. The largest absolute Gasteiger partial charge is 0.448 e. The normalized spacial score (nSPS) is 15.2. The summed E-state index contributed by atoms with van der Waals surface area (Å²) in [5, 5.41) is 8.17. The minimum atomic E-state index is -0.924. The van der Waals surface area contributed by atoms with Gasteiger partial charge < -0.3 is 15.0 Å². The molecule has 4 aromatic rings. The van der Waals surface area contributed by atoms with Gasteiger partial charge in [-0.1, -0.05) is 6.58 Å². The first-order valence-corrected chi connectivity index (χ1v) is 12.0. The Hall–Kier alpha value is -4.61. The summed E-state index contributed by atoms with van der Waals surface area (Å²) >= 11 is 0. The Balaban J connectivity index is 1.37. The van der Waals surface area contributed by atoms with Crippen LogP contribution < -0.4 is 15.6 Å². The fourth-order valence-corrected chi connectivity index (χ4v) is 4.53. The first-order chi connectivity index (χ1) is 18.2. The quantitative estimate of drug-likeness (QED) is 0.369. The SMILES string of the molecule is C=CC(=O)N1CCCC1Cn1cc(Nc2ncc3cc(Oc4ccc(F)cc4F)c(=O)n(C)c3n2)c(C)n1. The number of fused-ring (bicyclic) bond motifs is 1. The van der Waals surface area contributed by atoms with Crippen LogP contribution in [0.3, 0.4) is 0 Å². The number of pyridine rings is 1. The van der Waals surface area contributed by atoms with Gasteiger partial charge >= 0.3 is 0 Å². The van der Waals surface area contributed by atoms with Gasteiger partial charge in [-0.25, -0.2) is 13.8 Å². The van der Waals surface area contributed by atoms with Crippen LogP contribution in [0.1, 0.15) is 18.5 Å². The molecule has 0 radical (unpaired) electrons. The lowest BCUT2D eigenvalue weighted by Gasteiger charge is -2.23. The second kappa shape index (κ2) is 10.0. The molecule has 0 aliphatic carbocycles. The lowest BCUT2D eigenvalue weighted by Crippen LogP contribution is -2.37. The number of aryl methyl sites for hydroxylation is 2. The zero-order chi connectivity index (χ0) is 27.0. The van der Waals surface area contributed by atoms with Gasteiger partial charge in [-0.2, -0.15) is 10.1 Å². The number of nitrogens with one attached hydrogen (secondary N) is 1. The van der Waals surface area contributed by atoms with Gasteiger partial charge in [-0.05, 0) is 44.0 Å². The molecule has 1 fully saturated rings. The molecule has 1 aliphatic heterocycles. The highest BCUT2D eigenvalue weighted by atomic mass is 19.1. The van der Waals surface area contributed by atoms with Crippen LogP contribution in [0.25, 0.3) is 11.0 Å². The Labute approximate surface area is 216 Å². The Kier molecular flexibility index (Phi) is 6.62. The van der Waals surface area contributed by atoms with Crippen LogP contribution in [0, 0.1) is 18.6 Å². The van der Waals surface area contributed by atoms with Crippen molar-refractivity contribution in [2.75, 3.05) is 11.9 Å². The number of anilines is 2. The van der Waals surface area contributed by atoms with Crippen molar-refractivity contribution in [3.8, 4) is 11.5 Å². The average Bonchev–Trinajstić information content (AvgIpc) is 3.49. The molecule has 3 aromatic heterocycles. The summed E-state index contributed by atoms with van der Waals surface area (Å²) in [5.41, 5.74) is 1.17. The van der Waals surface area contributed by atoms with Gasteiger partial charge in [0.15, 0.2) is 17.3 Å². The molecule has 12 heteroatoms. The summed E-state index contributed by atoms with van der Waals surface area (Å²) in [6.07, 6.45) is 6.49. The molecule has 0 spiro atoms. The lowest BCUT2D eigenvalue weighted by molar-refractivity contribution is -0.127. The molecule has 0 bridgehead atoms. The van der Waals surface area contributed by atoms with Crippen molar-refractivity contribution in [3.63, 3.8) is 0 Å². The smallest absolute Gasteiger partial charge is 0.294 e. The van der Waals surface area contributed by atoms with Crippen LogP contribution in [0.15, 0.2) is 54.1 Å². The van der Waals surface area contributed by atoms with E-state index in [-0.39, 0.29) is 29.4 Å². The lowest BCUT2D eigenvalue weighted by atomic mass is 10.2. The monoisotopic (exact) mass is 521 g/mol. The molecule has 196 valence electrons. The van der Waals surface area contributed by atoms with E-state index < -0.39 is 17.2 Å². The molecule has 1 aliphatic rings. The van der Waals surface area contributed by atoms with E-state index in [1.807, 2.05) is 18.0 Å². The third kappa shape index (κ3) is 4.84. The minimum Gasteiger partial charge on any atom is -0.448 e. The summed E-state index contributed by atoms with van der Waals surface area (Å²) in [6, 6.07) is 4.28. The molecule has 5 rings (SSSR count). The van der Waals surface area contributed by atoms with E-state index in [1.165, 1.54) is 30.0 Å². The van der Waals surface area contributed by atoms with Gasteiger partial charge in [0, 0.05) is 37.4 Å². The molecule has 1 atom stereocenters. The Morgan fingerprint density at radius 3 is 2.87 bits per heavy atom. The van der Waals surface area contributed by atoms with Crippen LogP contribution >= 0.6 is 0 Å². The number of ether oxygens (including phenoxy) is 1. The number of halogens is 2. The predicted molar refractivity (Wildman–Crippen MR) is 136 cm³/mol. The number of hydrogen-bond acceptors (Lipinski definition) is 7. The topological polar surface area (TPSA) is 107 Å². The predicted octanol–water partition coefficient (Wildman–Crippen LogP) is 3.82. The number of benzene rings is 1. The van der Waals surface area contributed by atoms with E-state index in [2.05, 4.69) is 27.0 Å². The highest BCUT2D eigenvalue weighted by molar-refractivity contribution is 5.87. The van der Waals surface area contributed by atoms with Crippen LogP contribution in [-0.2, 0) is 18.4 Å². The molecule has 1 N–H and O–H groups in total. The van der Waals surface area contributed by atoms with Gasteiger partial charge in [0.25, 0.3) is 5.56 Å². The number of rotatable bonds is 7. The highest BCUT2D eigenvalue weighted by Crippen LogP contribution is 2.26. The number of likely N-dealkylation sites (tertiary alicyclic amines) is 1. The van der Waals surface area contributed by atoms with E-state index in [0.29, 0.717) is 41.6 Å². The zero-order valence-electron chi connectivity index (χ0n) is 20.8. The maximum atomic E-state index is 14.0. The van der Waals surface area contributed by atoms with E-state index in [0.717, 1.165) is 25.0 Å². The Bertz CT molecular complexity index is 1610. The summed E-state index contributed by atoms with van der Waals surface area (Å²) in [4.78, 5) is 35.6. The van der Waals surface area contributed by atoms with Crippen molar-refractivity contribution in [3.05, 3.63) is 77.0 Å². The molecule has 4 heterocycles. The third-order valence-corrected chi connectivity index (χ3v) is 6.45. The van der Waals surface area contributed by atoms with Crippen LogP contribution in [-0.4, -0.2) is 47.7 Å². The van der Waals surface area contributed by atoms with Gasteiger partial charge in [0.2, 0.25) is 11.9 Å². The maximum absolute atomic E-state index is 14.0. The average molecular weight is 522 g/mol. The van der Waals surface area contributed by atoms with Gasteiger partial charge in [0.1, 0.15) is 11.5 Å². The Morgan fingerprint density at radius 2 is 2.11 bits per heavy atom. The van der Waals surface area contributed by atoms with Crippen molar-refractivity contribution in [2.24, 2.45) is 7.05 Å². The number of nitrogens with zero attached hydrogens (tertiary/aromatic N) is 6. The van der Waals surface area contributed by atoms with Gasteiger partial charge in [-0.3, -0.25) is 18.8 Å². The second-order valence-corrected chi connectivity index (χ2v) is 9.03. The number of carbonyl (C=O) groups is 1. The van der Waals surface area contributed by atoms with Crippen molar-refractivity contribution < 1.29 is 18.3 Å². The molecular weight excluding hydrogens is 496 g/mol. The fraction of sp³-hybridized carbons (Fsp3) is 0.269. The summed E-state index contributed by atoms with van der Waals surface area (Å²) in [6.45, 7) is 6.68. The Morgan fingerprint density at radius 1 is 1.29 bits per heavy atom. The van der Waals surface area contributed by atoms with E-state index in [4.69, 9.17) is 4.74 Å². The van der Waals surface area contributed by atoms with Gasteiger partial charge in [0.05, 0.1) is 24.0 Å². The fourth-order valence-electron chi connectivity index (χ4n) is 4.53. The number of aromatic nitrogens is 5. The van der Waals surface area contributed by atoms with Crippen LogP contribution in [0.2, 0.25) is 0 Å². The summed E-state index contributed by atoms with van der Waals surface area (Å²) in [5.74, 6) is -1.93. The summed E-state index contributed by atoms with van der Waals surface area (Å²) in [7, 11) is 1.51. The number of amides is 1. The molecule has 10 nitrogen and oxygen atoms in total. The van der Waals surface area contributed by atoms with E-state index in [9.17, 15) is 18.4 Å². The minimum absolute atomic E-state index is 0.0406. The second-order valence-electron chi connectivity index (χ2n) is 9.03. The molecular formula is C26H25F2N7O3. The third-order valence-electron chi connectivity index (χ3n) is 6.45. The molecule has 1 saturated heterocycles. The van der Waals surface area contributed by atoms with Crippen molar-refractivity contribution in [2.45, 2.75) is 32.4 Å². The van der Waals surface area contributed by atoms with E-state index in [1.54, 1.807) is 4.68 Å². The van der Waals surface area contributed by atoms with E-state index >= 15 is 0 Å². The standard InChI is InChI=1S/C26H25F2N7O3/c1-4-23(36)35-9-5-6-18(35)13-34-14-20(15(2)32-34)30-26-29-12-16-10-22(25(37)33(3)24(16)31-26)38-21-8-7-17(27)11-19(21)28/h4,7-8,10-12,14,18H,1,5-6,9,13H2,2-3H3,(H,29,30,31). The molecule has 1 unspecified atom stereocenters. The van der Waals surface area contributed by atoms with Crippen molar-refractivity contribution in [1.82, 2.24) is 29.2 Å². The maximum Gasteiger partial charge on any atom is 0.294 e. The molecule has 1 aromatic carbocycles. The van der Waals surface area contributed by atoms with Crippen LogP contribution in [0.4, 0.5) is 20.4 Å². The van der Waals surface area contributed by atoms with Crippen molar-refractivity contribution in [1.29, 1.82) is 0 Å². The van der Waals surface area contributed by atoms with Gasteiger partial charge in [-0.15, -0.1) is 0 Å². The highest BCUT2D eigenvalue weighted by Gasteiger charge is 2.28. The molecule has 38 heavy (non-hydrogen) atoms. The summed E-state index contributed by atoms with van der Waals surface area (Å²) < 4.78 is 35.7. The first kappa shape index (κ1) is 25.1. The molecule has 1 amide bonds. The van der Waals surface area contributed by atoms with Crippen molar-refractivity contribution >= 4 is 28.6 Å². The first-order valence-electron chi connectivity index (χ1n) is 12.0. The number of carbonyl (C=O) groups excluding carboxylic acids is 1. The number of hydrogen-bond donors (Lipinski definition) is 1. The molecule has 0 saturated carbocycles.